The molecule has 0 unspecified atom stereocenters. The summed E-state index contributed by atoms with van der Waals surface area (Å²) in [5, 5.41) is 2.46. The summed E-state index contributed by atoms with van der Waals surface area (Å²) in [5.41, 5.74) is 0. The third kappa shape index (κ3) is 17.7. The van der Waals surface area contributed by atoms with Crippen LogP contribution in [0.25, 0.3) is 0 Å². The lowest BCUT2D eigenvalue weighted by molar-refractivity contribution is -0.125. The second-order valence-electron chi connectivity index (χ2n) is 2.94. The second-order valence-corrected chi connectivity index (χ2v) is 2.94. The van der Waals surface area contributed by atoms with Crippen LogP contribution in [0.5, 0.6) is 0 Å². The smallest absolute Gasteiger partial charge is 0.245 e. The van der Waals surface area contributed by atoms with Crippen LogP contribution in [-0.2, 0) is 23.7 Å². The molecular formula is C12H27NO5. The number of nitrogens with one attached hydrogen (secondary N) is 1. The highest BCUT2D eigenvalue weighted by atomic mass is 16.6. The SMILES string of the molecule is CC.CNC(=O)COCCOCCOCCOC. The standard InChI is InChI=1S/C10H21NO5.C2H6/c1-11-10(12)9-16-8-7-15-6-5-14-4-3-13-2;1-2/h3-9H2,1-2H3,(H,11,12);1-2H3. The van der Waals surface area contributed by atoms with Gasteiger partial charge in [0.05, 0.1) is 39.6 Å². The lowest BCUT2D eigenvalue weighted by Gasteiger charge is -2.06. The van der Waals surface area contributed by atoms with Crippen LogP contribution in [0.4, 0.5) is 0 Å². The zero-order chi connectivity index (χ0) is 14.1. The van der Waals surface area contributed by atoms with E-state index in [9.17, 15) is 4.79 Å². The van der Waals surface area contributed by atoms with Crippen LogP contribution in [0.15, 0.2) is 0 Å². The van der Waals surface area contributed by atoms with E-state index >= 15 is 0 Å². The lowest BCUT2D eigenvalue weighted by atomic mass is 10.6. The van der Waals surface area contributed by atoms with Crippen molar-refractivity contribution in [3.05, 3.63) is 0 Å². The number of carbonyl (C=O) groups is 1. The summed E-state index contributed by atoms with van der Waals surface area (Å²) in [6.45, 7) is 7.18. The van der Waals surface area contributed by atoms with Gasteiger partial charge in [0.25, 0.3) is 0 Å². The Morgan fingerprint density at radius 3 is 1.78 bits per heavy atom. The van der Waals surface area contributed by atoms with E-state index in [2.05, 4.69) is 5.32 Å². The molecule has 6 nitrogen and oxygen atoms in total. The van der Waals surface area contributed by atoms with Crippen molar-refractivity contribution in [2.75, 3.05) is 60.4 Å². The molecule has 18 heavy (non-hydrogen) atoms. The molecule has 0 aromatic heterocycles. The molecule has 0 saturated carbocycles. The maximum atomic E-state index is 10.7. The lowest BCUT2D eigenvalue weighted by Crippen LogP contribution is -2.24. The monoisotopic (exact) mass is 265 g/mol. The van der Waals surface area contributed by atoms with Crippen molar-refractivity contribution in [3.63, 3.8) is 0 Å². The fraction of sp³-hybridized carbons (Fsp3) is 0.917. The van der Waals surface area contributed by atoms with E-state index in [0.717, 1.165) is 0 Å². The molecule has 0 aromatic carbocycles. The van der Waals surface area contributed by atoms with Crippen molar-refractivity contribution >= 4 is 5.91 Å². The van der Waals surface area contributed by atoms with Crippen LogP contribution in [0.1, 0.15) is 13.8 Å². The first kappa shape index (κ1) is 19.6. The Morgan fingerprint density at radius 1 is 0.889 bits per heavy atom. The van der Waals surface area contributed by atoms with Crippen molar-refractivity contribution < 1.29 is 23.7 Å². The highest BCUT2D eigenvalue weighted by Crippen LogP contribution is 1.81. The van der Waals surface area contributed by atoms with Crippen molar-refractivity contribution in [3.8, 4) is 0 Å². The van der Waals surface area contributed by atoms with Crippen LogP contribution in [0, 0.1) is 0 Å². The number of rotatable bonds is 11. The number of carbonyl (C=O) groups excluding carboxylic acids is 1. The number of methoxy groups -OCH3 is 1. The Bertz CT molecular complexity index is 167. The Kier molecular flexibility index (Phi) is 20.4. The summed E-state index contributed by atoms with van der Waals surface area (Å²) in [5.74, 6) is -0.136. The molecule has 0 spiro atoms. The van der Waals surface area contributed by atoms with Gasteiger partial charge in [-0.1, -0.05) is 13.8 Å². The van der Waals surface area contributed by atoms with Gasteiger partial charge in [-0.3, -0.25) is 4.79 Å². The topological polar surface area (TPSA) is 66.0 Å². The van der Waals surface area contributed by atoms with Gasteiger partial charge >= 0.3 is 0 Å². The van der Waals surface area contributed by atoms with Crippen LogP contribution in [0.3, 0.4) is 0 Å². The Labute approximate surface area is 110 Å². The van der Waals surface area contributed by atoms with E-state index in [0.29, 0.717) is 39.6 Å². The predicted molar refractivity (Wildman–Crippen MR) is 69.7 cm³/mol. The molecule has 110 valence electrons. The number of likely N-dealkylation sites (N-methyl/N-ethyl adjacent to an activating group) is 1. The molecule has 0 aliphatic rings. The molecule has 0 fully saturated rings. The Morgan fingerprint density at radius 2 is 1.33 bits per heavy atom. The highest BCUT2D eigenvalue weighted by molar-refractivity contribution is 5.76. The van der Waals surface area contributed by atoms with Gasteiger partial charge in [-0.05, 0) is 0 Å². The Balaban J connectivity index is 0. The number of hydrogen-bond acceptors (Lipinski definition) is 5. The van der Waals surface area contributed by atoms with Crippen LogP contribution in [-0.4, -0.2) is 66.3 Å². The molecule has 0 bridgehead atoms. The Hall–Kier alpha value is -0.690. The van der Waals surface area contributed by atoms with E-state index in [1.54, 1.807) is 14.2 Å². The van der Waals surface area contributed by atoms with Crippen LogP contribution >= 0.6 is 0 Å². The second kappa shape index (κ2) is 18.7. The first-order valence-electron chi connectivity index (χ1n) is 6.24. The molecule has 0 atom stereocenters. The summed E-state index contributed by atoms with van der Waals surface area (Å²) in [6, 6.07) is 0. The van der Waals surface area contributed by atoms with Gasteiger partial charge in [-0.15, -0.1) is 0 Å². The molecule has 1 amide bonds. The van der Waals surface area contributed by atoms with E-state index in [1.807, 2.05) is 13.8 Å². The third-order valence-corrected chi connectivity index (χ3v) is 1.69. The van der Waals surface area contributed by atoms with Crippen LogP contribution in [0.2, 0.25) is 0 Å². The van der Waals surface area contributed by atoms with Crippen LogP contribution < -0.4 is 5.32 Å². The third-order valence-electron chi connectivity index (χ3n) is 1.69. The normalized spacial score (nSPS) is 9.56. The quantitative estimate of drug-likeness (QED) is 0.550. The van der Waals surface area contributed by atoms with E-state index in [1.165, 1.54) is 0 Å². The maximum absolute atomic E-state index is 10.7. The average Bonchev–Trinajstić information content (AvgIpc) is 2.42. The van der Waals surface area contributed by atoms with Gasteiger partial charge in [-0.25, -0.2) is 0 Å². The van der Waals surface area contributed by atoms with E-state index in [-0.39, 0.29) is 12.5 Å². The summed E-state index contributed by atoms with van der Waals surface area (Å²) in [6.07, 6.45) is 0. The van der Waals surface area contributed by atoms with Gasteiger partial charge in [0.2, 0.25) is 5.91 Å². The molecule has 0 aromatic rings. The van der Waals surface area contributed by atoms with Crippen molar-refractivity contribution in [1.29, 1.82) is 0 Å². The zero-order valence-corrected chi connectivity index (χ0v) is 12.0. The van der Waals surface area contributed by atoms with E-state index in [4.69, 9.17) is 18.9 Å². The van der Waals surface area contributed by atoms with Crippen molar-refractivity contribution in [2.45, 2.75) is 13.8 Å². The molecule has 1 N–H and O–H groups in total. The van der Waals surface area contributed by atoms with Gasteiger partial charge < -0.3 is 24.3 Å². The minimum atomic E-state index is -0.136. The van der Waals surface area contributed by atoms with Gasteiger partial charge in [0, 0.05) is 14.2 Å². The number of hydrogen-bond donors (Lipinski definition) is 1. The number of amides is 1. The highest BCUT2D eigenvalue weighted by Gasteiger charge is 1.96. The molecule has 0 aliphatic heterocycles. The molecule has 6 heteroatoms. The fourth-order valence-electron chi connectivity index (χ4n) is 0.819. The van der Waals surface area contributed by atoms with Gasteiger partial charge in [0.15, 0.2) is 0 Å². The molecule has 0 saturated heterocycles. The molecule has 0 aliphatic carbocycles. The molecule has 0 rings (SSSR count). The first-order chi connectivity index (χ1) is 8.81. The van der Waals surface area contributed by atoms with Gasteiger partial charge in [-0.2, -0.15) is 0 Å². The zero-order valence-electron chi connectivity index (χ0n) is 12.0. The summed E-state index contributed by atoms with van der Waals surface area (Å²) < 4.78 is 20.2. The summed E-state index contributed by atoms with van der Waals surface area (Å²) in [4.78, 5) is 10.7. The summed E-state index contributed by atoms with van der Waals surface area (Å²) in [7, 11) is 3.20. The number of ether oxygens (including phenoxy) is 4. The minimum Gasteiger partial charge on any atom is -0.382 e. The largest absolute Gasteiger partial charge is 0.382 e. The maximum Gasteiger partial charge on any atom is 0.245 e. The summed E-state index contributed by atoms with van der Waals surface area (Å²) >= 11 is 0. The molecule has 0 heterocycles. The van der Waals surface area contributed by atoms with Gasteiger partial charge in [0.1, 0.15) is 6.61 Å². The molecular weight excluding hydrogens is 238 g/mol. The first-order valence-corrected chi connectivity index (χ1v) is 6.24. The predicted octanol–water partition coefficient (Wildman–Crippen LogP) is 0.455. The minimum absolute atomic E-state index is 0.0736. The average molecular weight is 265 g/mol. The fourth-order valence-corrected chi connectivity index (χ4v) is 0.819. The van der Waals surface area contributed by atoms with Crippen molar-refractivity contribution in [1.82, 2.24) is 5.32 Å². The van der Waals surface area contributed by atoms with E-state index < -0.39 is 0 Å². The van der Waals surface area contributed by atoms with Crippen molar-refractivity contribution in [2.24, 2.45) is 0 Å². The molecule has 0 radical (unpaired) electrons.